The van der Waals surface area contributed by atoms with Gasteiger partial charge in [0.1, 0.15) is 24.4 Å². The van der Waals surface area contributed by atoms with Gasteiger partial charge in [-0.15, -0.1) is 0 Å². The molecular weight excluding hydrogens is 522 g/mol. The molecule has 0 spiro atoms. The first-order valence-electron chi connectivity index (χ1n) is 17.3. The first-order chi connectivity index (χ1) is 20.0. The van der Waals surface area contributed by atoms with Crippen molar-refractivity contribution in [1.82, 2.24) is 5.32 Å². The van der Waals surface area contributed by atoms with Crippen LogP contribution in [-0.2, 0) is 9.47 Å². The molecule has 0 aliphatic carbocycles. The Morgan fingerprint density at radius 3 is 1.44 bits per heavy atom. The van der Waals surface area contributed by atoms with Crippen molar-refractivity contribution in [3.05, 3.63) is 0 Å². The Morgan fingerprint density at radius 2 is 1.02 bits per heavy atom. The van der Waals surface area contributed by atoms with Gasteiger partial charge in [-0.25, -0.2) is 0 Å². The first kappa shape index (κ1) is 38.7. The molecule has 8 nitrogen and oxygen atoms in total. The number of hydrogen-bond acceptors (Lipinski definition) is 8. The molecule has 6 atom stereocenters. The van der Waals surface area contributed by atoms with E-state index >= 15 is 0 Å². The predicted octanol–water partition coefficient (Wildman–Crippen LogP) is 5.36. The zero-order valence-electron chi connectivity index (χ0n) is 26.4. The van der Waals surface area contributed by atoms with Crippen LogP contribution in [0.4, 0.5) is 0 Å². The van der Waals surface area contributed by atoms with Crippen molar-refractivity contribution in [1.29, 1.82) is 0 Å². The largest absolute Gasteiger partial charge is 0.394 e. The zero-order valence-corrected chi connectivity index (χ0v) is 26.4. The average molecular weight is 590 g/mol. The fourth-order valence-corrected chi connectivity index (χ4v) is 5.60. The van der Waals surface area contributed by atoms with E-state index in [4.69, 9.17) is 9.47 Å². The Labute approximate surface area is 251 Å². The molecule has 1 saturated heterocycles. The topological polar surface area (TPSA) is 132 Å². The Kier molecular flexibility index (Phi) is 25.7. The van der Waals surface area contributed by atoms with Crippen molar-refractivity contribution in [2.45, 2.75) is 185 Å². The van der Waals surface area contributed by atoms with E-state index in [1.165, 1.54) is 135 Å². The molecule has 0 amide bonds. The molecule has 1 aliphatic heterocycles. The molecule has 1 aliphatic rings. The van der Waals surface area contributed by atoms with Crippen LogP contribution in [0.1, 0.15) is 148 Å². The summed E-state index contributed by atoms with van der Waals surface area (Å²) in [6.07, 6.45) is 22.9. The van der Waals surface area contributed by atoms with Crippen molar-refractivity contribution in [2.24, 2.45) is 0 Å². The molecule has 0 radical (unpaired) electrons. The molecule has 0 saturated carbocycles. The lowest BCUT2D eigenvalue weighted by Gasteiger charge is -2.39. The monoisotopic (exact) mass is 589 g/mol. The molecule has 0 aromatic carbocycles. The van der Waals surface area contributed by atoms with Gasteiger partial charge < -0.3 is 40.3 Å². The molecule has 41 heavy (non-hydrogen) atoms. The molecule has 1 rings (SSSR count). The summed E-state index contributed by atoms with van der Waals surface area (Å²) in [4.78, 5) is 0. The number of nitrogens with one attached hydrogen (secondary N) is 1. The van der Waals surface area contributed by atoms with Gasteiger partial charge in [0.25, 0.3) is 0 Å². The number of aliphatic hydroxyl groups is 5. The quantitative estimate of drug-likeness (QED) is 0.0643. The van der Waals surface area contributed by atoms with Crippen LogP contribution >= 0.6 is 0 Å². The van der Waals surface area contributed by atoms with Crippen LogP contribution in [0.2, 0.25) is 0 Å². The molecular formula is C33H67NO7. The Balaban J connectivity index is 1.78. The second-order valence-electron chi connectivity index (χ2n) is 12.3. The van der Waals surface area contributed by atoms with E-state index < -0.39 is 43.4 Å². The highest BCUT2D eigenvalue weighted by molar-refractivity contribution is 4.89. The van der Waals surface area contributed by atoms with Gasteiger partial charge in [0.05, 0.1) is 19.3 Å². The van der Waals surface area contributed by atoms with Crippen molar-refractivity contribution in [3.63, 3.8) is 0 Å². The SMILES string of the molecule is CCCCCCCCCCCCCCCCCCCCCCCCNCC(O)CO[C@H]1O[C@H](CO)[C@H](O)[C@H](O)[C@H]1O. The van der Waals surface area contributed by atoms with Crippen LogP contribution in [0.15, 0.2) is 0 Å². The van der Waals surface area contributed by atoms with E-state index in [2.05, 4.69) is 12.2 Å². The van der Waals surface area contributed by atoms with E-state index in [9.17, 15) is 25.5 Å². The highest BCUT2D eigenvalue weighted by Gasteiger charge is 2.44. The van der Waals surface area contributed by atoms with Gasteiger partial charge in [-0.1, -0.05) is 142 Å². The molecule has 0 aromatic heterocycles. The lowest BCUT2D eigenvalue weighted by molar-refractivity contribution is -0.304. The van der Waals surface area contributed by atoms with Crippen LogP contribution in [0.5, 0.6) is 0 Å². The van der Waals surface area contributed by atoms with E-state index in [-0.39, 0.29) is 6.61 Å². The fourth-order valence-electron chi connectivity index (χ4n) is 5.60. The molecule has 246 valence electrons. The van der Waals surface area contributed by atoms with Crippen LogP contribution in [0, 0.1) is 0 Å². The summed E-state index contributed by atoms with van der Waals surface area (Å²) >= 11 is 0. The van der Waals surface area contributed by atoms with Crippen LogP contribution in [0.3, 0.4) is 0 Å². The maximum atomic E-state index is 10.1. The number of unbranched alkanes of at least 4 members (excludes halogenated alkanes) is 21. The molecule has 1 heterocycles. The summed E-state index contributed by atoms with van der Waals surface area (Å²) in [6, 6.07) is 0. The molecule has 8 heteroatoms. The summed E-state index contributed by atoms with van der Waals surface area (Å²) in [5, 5.41) is 52.1. The van der Waals surface area contributed by atoms with Gasteiger partial charge in [0.15, 0.2) is 6.29 Å². The third-order valence-corrected chi connectivity index (χ3v) is 8.39. The van der Waals surface area contributed by atoms with Gasteiger partial charge in [-0.05, 0) is 13.0 Å². The van der Waals surface area contributed by atoms with Crippen molar-refractivity contribution < 1.29 is 35.0 Å². The minimum absolute atomic E-state index is 0.0882. The third-order valence-electron chi connectivity index (χ3n) is 8.39. The molecule has 0 aromatic rings. The van der Waals surface area contributed by atoms with Crippen molar-refractivity contribution >= 4 is 0 Å². The fraction of sp³-hybridized carbons (Fsp3) is 1.00. The lowest BCUT2D eigenvalue weighted by atomic mass is 9.99. The minimum atomic E-state index is -1.48. The average Bonchev–Trinajstić information content (AvgIpc) is 2.97. The molecule has 6 N–H and O–H groups in total. The second-order valence-corrected chi connectivity index (χ2v) is 12.3. The summed E-state index contributed by atoms with van der Waals surface area (Å²) < 4.78 is 10.6. The van der Waals surface area contributed by atoms with Gasteiger partial charge in [-0.3, -0.25) is 0 Å². The second kappa shape index (κ2) is 27.2. The number of hydrogen-bond donors (Lipinski definition) is 6. The summed E-state index contributed by atoms with van der Waals surface area (Å²) in [7, 11) is 0. The lowest BCUT2D eigenvalue weighted by Crippen LogP contribution is -2.59. The van der Waals surface area contributed by atoms with Gasteiger partial charge in [0, 0.05) is 6.54 Å². The first-order valence-corrected chi connectivity index (χ1v) is 17.3. The highest BCUT2D eigenvalue weighted by Crippen LogP contribution is 2.22. The van der Waals surface area contributed by atoms with Crippen LogP contribution in [0.25, 0.3) is 0 Å². The molecule has 1 fully saturated rings. The van der Waals surface area contributed by atoms with E-state index in [0.29, 0.717) is 6.54 Å². The van der Waals surface area contributed by atoms with Crippen LogP contribution in [-0.4, -0.2) is 88.6 Å². The smallest absolute Gasteiger partial charge is 0.186 e. The van der Waals surface area contributed by atoms with Crippen molar-refractivity contribution in [3.8, 4) is 0 Å². The summed E-state index contributed by atoms with van der Waals surface area (Å²) in [5.74, 6) is 0. The van der Waals surface area contributed by atoms with Gasteiger partial charge in [0.2, 0.25) is 0 Å². The molecule has 1 unspecified atom stereocenters. The Morgan fingerprint density at radius 1 is 0.610 bits per heavy atom. The summed E-state index contributed by atoms with van der Waals surface area (Å²) in [6.45, 7) is 2.88. The maximum absolute atomic E-state index is 10.1. The van der Waals surface area contributed by atoms with Crippen LogP contribution < -0.4 is 5.32 Å². The van der Waals surface area contributed by atoms with Gasteiger partial charge in [-0.2, -0.15) is 0 Å². The zero-order chi connectivity index (χ0) is 30.0. The van der Waals surface area contributed by atoms with E-state index in [0.717, 1.165) is 13.0 Å². The standard InChI is InChI=1S/C33H67NO7/c1-2-3-4-5-6-7-8-9-10-11-12-13-14-15-16-17-18-19-20-21-22-23-24-34-25-28(36)27-40-33-32(39)31(38)30(37)29(26-35)41-33/h28-39H,2-27H2,1H3/t28?,29-,30+,31+,32-,33+/m1/s1. The number of ether oxygens (including phenoxy) is 2. The summed E-state index contributed by atoms with van der Waals surface area (Å²) in [5.41, 5.74) is 0. The maximum Gasteiger partial charge on any atom is 0.186 e. The number of rotatable bonds is 29. The highest BCUT2D eigenvalue weighted by atomic mass is 16.7. The molecule has 0 bridgehead atoms. The van der Waals surface area contributed by atoms with Gasteiger partial charge >= 0.3 is 0 Å². The Bertz CT molecular complexity index is 554. The normalized spacial score (nSPS) is 23.7. The third kappa shape index (κ3) is 20.3. The minimum Gasteiger partial charge on any atom is -0.394 e. The predicted molar refractivity (Wildman–Crippen MR) is 166 cm³/mol. The Hall–Kier alpha value is -0.320. The van der Waals surface area contributed by atoms with Crippen molar-refractivity contribution in [2.75, 3.05) is 26.3 Å². The van der Waals surface area contributed by atoms with E-state index in [1.807, 2.05) is 0 Å². The van der Waals surface area contributed by atoms with E-state index in [1.54, 1.807) is 0 Å². The number of aliphatic hydroxyl groups excluding tert-OH is 5.